The number of nitrogens with two attached hydrogens (primary N) is 1. The van der Waals surface area contributed by atoms with Gasteiger partial charge in [0.1, 0.15) is 0 Å². The van der Waals surface area contributed by atoms with E-state index in [1.807, 2.05) is 35.0 Å². The van der Waals surface area contributed by atoms with Crippen molar-refractivity contribution in [3.8, 4) is 0 Å². The van der Waals surface area contributed by atoms with Crippen LogP contribution in [0.4, 0.5) is 0 Å². The lowest BCUT2D eigenvalue weighted by Crippen LogP contribution is -2.48. The van der Waals surface area contributed by atoms with Crippen LogP contribution in [-0.4, -0.2) is 42.2 Å². The minimum absolute atomic E-state index is 0.00721. The molecular weight excluding hydrogens is 538 g/mol. The molecule has 8 heteroatoms. The van der Waals surface area contributed by atoms with Crippen molar-refractivity contribution >= 4 is 41.8 Å². The predicted molar refractivity (Wildman–Crippen MR) is 177 cm³/mol. The Morgan fingerprint density at radius 2 is 1.83 bits per heavy atom. The highest BCUT2D eigenvalue weighted by Gasteiger charge is 2.42. The maximum Gasteiger partial charge on any atom is 0.261 e. The lowest BCUT2D eigenvalue weighted by atomic mass is 9.92. The fourth-order valence-corrected chi connectivity index (χ4v) is 7.16. The summed E-state index contributed by atoms with van der Waals surface area (Å²) < 4.78 is 8.79. The highest BCUT2D eigenvalue weighted by Crippen LogP contribution is 2.41. The van der Waals surface area contributed by atoms with Crippen molar-refractivity contribution in [2.75, 3.05) is 7.05 Å². The molecule has 2 aromatic heterocycles. The molecule has 1 saturated carbocycles. The first-order chi connectivity index (χ1) is 20.0. The van der Waals surface area contributed by atoms with Crippen LogP contribution in [0.3, 0.4) is 0 Å². The Bertz CT molecular complexity index is 1700. The standard InChI is InChI=1S/C34H43N5O2Si/c1-34(2,3)42(5,6)41-31-14-10-9-13-30(31)39-22-38-32-27-12-8-7-11-26(27)24(18-28(32)33(39)40)17-23-15-16-29(37-20-23)25(19-35)21-36-4/h7-8,11-12,15-16,18-22,30-31H,9-10,13-14,17,35H2,1-6H3/t30-,31-/m0/s1. The lowest BCUT2D eigenvalue weighted by Gasteiger charge is -2.43. The highest BCUT2D eigenvalue weighted by atomic mass is 28.4. The molecule has 2 aromatic carbocycles. The van der Waals surface area contributed by atoms with Crippen molar-refractivity contribution in [3.63, 3.8) is 0 Å². The first kappa shape index (κ1) is 29.9. The monoisotopic (exact) mass is 581 g/mol. The van der Waals surface area contributed by atoms with Crippen LogP contribution >= 0.6 is 0 Å². The van der Waals surface area contributed by atoms with Gasteiger partial charge in [0.25, 0.3) is 5.56 Å². The normalized spacial score (nSPS) is 18.8. The Hall–Kier alpha value is -3.62. The third-order valence-corrected chi connectivity index (χ3v) is 13.6. The molecule has 2 atom stereocenters. The molecule has 0 spiro atoms. The van der Waals surface area contributed by atoms with Crippen LogP contribution in [0.2, 0.25) is 18.1 Å². The molecule has 1 aliphatic rings. The second-order valence-electron chi connectivity index (χ2n) is 12.9. The van der Waals surface area contributed by atoms with Gasteiger partial charge in [-0.15, -0.1) is 0 Å². The highest BCUT2D eigenvalue weighted by molar-refractivity contribution is 6.74. The number of hydrogen-bond donors (Lipinski definition) is 1. The maximum absolute atomic E-state index is 14.2. The van der Waals surface area contributed by atoms with Gasteiger partial charge >= 0.3 is 0 Å². The van der Waals surface area contributed by atoms with E-state index < -0.39 is 8.32 Å². The molecule has 2 N–H and O–H groups in total. The molecule has 5 rings (SSSR count). The van der Waals surface area contributed by atoms with Crippen molar-refractivity contribution in [1.82, 2.24) is 14.5 Å². The molecule has 0 saturated heterocycles. The average Bonchev–Trinajstić information content (AvgIpc) is 2.97. The summed E-state index contributed by atoms with van der Waals surface area (Å²) in [5.74, 6) is 0. The number of hydrogen-bond acceptors (Lipinski definition) is 6. The predicted octanol–water partition coefficient (Wildman–Crippen LogP) is 7.04. The van der Waals surface area contributed by atoms with Crippen molar-refractivity contribution in [3.05, 3.63) is 88.4 Å². The number of aliphatic imine (C=N–C) groups is 1. The molecule has 0 unspecified atom stereocenters. The molecule has 1 aliphatic carbocycles. The van der Waals surface area contributed by atoms with E-state index in [2.05, 4.69) is 62.0 Å². The van der Waals surface area contributed by atoms with Crippen LogP contribution in [0.1, 0.15) is 69.3 Å². The topological polar surface area (TPSA) is 95.4 Å². The largest absolute Gasteiger partial charge is 0.412 e. The molecule has 0 bridgehead atoms. The summed E-state index contributed by atoms with van der Waals surface area (Å²) in [4.78, 5) is 27.8. The molecule has 1 fully saturated rings. The lowest BCUT2D eigenvalue weighted by molar-refractivity contribution is 0.0824. The summed E-state index contributed by atoms with van der Waals surface area (Å²) in [7, 11) is -0.295. The minimum atomic E-state index is -2.00. The average molecular weight is 582 g/mol. The van der Waals surface area contributed by atoms with Gasteiger partial charge in [-0.2, -0.15) is 0 Å². The van der Waals surface area contributed by atoms with Crippen LogP contribution < -0.4 is 11.3 Å². The Kier molecular flexibility index (Phi) is 8.48. The molecule has 7 nitrogen and oxygen atoms in total. The van der Waals surface area contributed by atoms with E-state index in [1.165, 1.54) is 6.20 Å². The first-order valence-electron chi connectivity index (χ1n) is 14.9. The first-order valence-corrected chi connectivity index (χ1v) is 17.8. The van der Waals surface area contributed by atoms with Gasteiger partial charge in [-0.3, -0.25) is 19.3 Å². The van der Waals surface area contributed by atoms with E-state index in [0.717, 1.165) is 64.4 Å². The van der Waals surface area contributed by atoms with E-state index in [-0.39, 0.29) is 22.7 Å². The van der Waals surface area contributed by atoms with Crippen molar-refractivity contribution < 1.29 is 4.43 Å². The fraction of sp³-hybridized carbons (Fsp3) is 0.412. The number of rotatable bonds is 7. The zero-order valence-corrected chi connectivity index (χ0v) is 26.7. The van der Waals surface area contributed by atoms with Gasteiger partial charge < -0.3 is 10.2 Å². The Morgan fingerprint density at radius 1 is 1.10 bits per heavy atom. The molecular formula is C34H43N5O2Si. The SMILES string of the molecule is CN=CC(=CN)c1ccc(Cc2cc3c(=O)n([C@H]4CCCC[C@@H]4O[Si](C)(C)C(C)(C)C)cnc3c3ccccc23)cn1. The van der Waals surface area contributed by atoms with E-state index in [0.29, 0.717) is 11.8 Å². The smallest absolute Gasteiger partial charge is 0.261 e. The van der Waals surface area contributed by atoms with Gasteiger partial charge in [0.05, 0.1) is 35.1 Å². The molecule has 2 heterocycles. The summed E-state index contributed by atoms with van der Waals surface area (Å²) >= 11 is 0. The Morgan fingerprint density at radius 3 is 2.50 bits per heavy atom. The number of nitrogens with zero attached hydrogens (tertiary/aromatic N) is 4. The number of aromatic nitrogens is 3. The van der Waals surface area contributed by atoms with E-state index in [9.17, 15) is 4.79 Å². The molecule has 0 aliphatic heterocycles. The molecule has 4 aromatic rings. The fourth-order valence-electron chi connectivity index (χ4n) is 5.77. The second kappa shape index (κ2) is 11.9. The van der Waals surface area contributed by atoms with Crippen LogP contribution in [-0.2, 0) is 10.8 Å². The van der Waals surface area contributed by atoms with Crippen molar-refractivity contribution in [2.24, 2.45) is 10.7 Å². The molecule has 42 heavy (non-hydrogen) atoms. The van der Waals surface area contributed by atoms with Gasteiger partial charge in [0.2, 0.25) is 0 Å². The summed E-state index contributed by atoms with van der Waals surface area (Å²) in [5.41, 5.74) is 10.2. The number of allylic oxidation sites excluding steroid dienone is 1. The molecule has 220 valence electrons. The van der Waals surface area contributed by atoms with Crippen LogP contribution in [0.5, 0.6) is 0 Å². The van der Waals surface area contributed by atoms with Crippen molar-refractivity contribution in [2.45, 2.75) is 83.2 Å². The van der Waals surface area contributed by atoms with Gasteiger partial charge in [-0.1, -0.05) is 63.9 Å². The molecule has 0 radical (unpaired) electrons. The van der Waals surface area contributed by atoms with E-state index >= 15 is 0 Å². The Labute approximate surface area is 249 Å². The quantitative estimate of drug-likeness (QED) is 0.143. The van der Waals surface area contributed by atoms with Crippen LogP contribution in [0.25, 0.3) is 27.2 Å². The van der Waals surface area contributed by atoms with E-state index in [4.69, 9.17) is 15.1 Å². The number of pyridine rings is 1. The summed E-state index contributed by atoms with van der Waals surface area (Å²) in [6.45, 7) is 11.4. The summed E-state index contributed by atoms with van der Waals surface area (Å²) in [6, 6.07) is 14.3. The number of benzene rings is 2. The van der Waals surface area contributed by atoms with Gasteiger partial charge in [-0.05, 0) is 66.0 Å². The zero-order chi connectivity index (χ0) is 30.1. The third kappa shape index (κ3) is 5.83. The van der Waals surface area contributed by atoms with Gasteiger partial charge in [-0.25, -0.2) is 4.98 Å². The summed E-state index contributed by atoms with van der Waals surface area (Å²) in [6.07, 6.45) is 11.6. The van der Waals surface area contributed by atoms with Gasteiger partial charge in [0, 0.05) is 36.6 Å². The summed E-state index contributed by atoms with van der Waals surface area (Å²) in [5, 5.41) is 2.84. The maximum atomic E-state index is 14.2. The van der Waals surface area contributed by atoms with E-state index in [1.54, 1.807) is 19.6 Å². The molecule has 0 amide bonds. The van der Waals surface area contributed by atoms with Crippen molar-refractivity contribution in [1.29, 1.82) is 0 Å². The zero-order valence-electron chi connectivity index (χ0n) is 25.7. The Balaban J connectivity index is 1.56. The third-order valence-electron chi connectivity index (χ3n) is 9.12. The minimum Gasteiger partial charge on any atom is -0.412 e. The second-order valence-corrected chi connectivity index (χ2v) is 17.7. The van der Waals surface area contributed by atoms with Crippen LogP contribution in [0, 0.1) is 0 Å². The van der Waals surface area contributed by atoms with Crippen LogP contribution in [0.15, 0.2) is 71.0 Å². The number of fused-ring (bicyclic) bond motifs is 3. The van der Waals surface area contributed by atoms with Gasteiger partial charge in [0.15, 0.2) is 8.32 Å².